The van der Waals surface area contributed by atoms with Gasteiger partial charge in [-0.25, -0.2) is 0 Å². The van der Waals surface area contributed by atoms with Crippen LogP contribution in [0.1, 0.15) is 32.5 Å². The Bertz CT molecular complexity index is 459. The summed E-state index contributed by atoms with van der Waals surface area (Å²) in [7, 11) is 0. The van der Waals surface area contributed by atoms with Gasteiger partial charge in [-0.05, 0) is 24.6 Å². The molecule has 0 unspecified atom stereocenters. The molecule has 0 bridgehead atoms. The van der Waals surface area contributed by atoms with Gasteiger partial charge in [0, 0.05) is 6.20 Å². The lowest BCUT2D eigenvalue weighted by molar-refractivity contribution is 0.445. The highest BCUT2D eigenvalue weighted by Gasteiger charge is 2.06. The second-order valence-electron chi connectivity index (χ2n) is 4.36. The molecule has 0 amide bonds. The van der Waals surface area contributed by atoms with E-state index in [1.54, 1.807) is 0 Å². The summed E-state index contributed by atoms with van der Waals surface area (Å²) in [4.78, 5) is 0. The fraction of sp³-hybridized carbons (Fsp3) is 0.538. The van der Waals surface area contributed by atoms with E-state index >= 15 is 0 Å². The molecule has 2 rings (SSSR count). The van der Waals surface area contributed by atoms with E-state index < -0.39 is 0 Å². The van der Waals surface area contributed by atoms with Crippen LogP contribution in [-0.2, 0) is 6.54 Å². The van der Waals surface area contributed by atoms with E-state index in [9.17, 15) is 0 Å². The molecule has 2 aromatic rings. The molecule has 0 aromatic carbocycles. The first kappa shape index (κ1) is 12.0. The zero-order valence-corrected chi connectivity index (χ0v) is 10.6. The van der Waals surface area contributed by atoms with E-state index in [2.05, 4.69) is 29.4 Å². The van der Waals surface area contributed by atoms with Crippen molar-refractivity contribution < 1.29 is 0 Å². The van der Waals surface area contributed by atoms with Crippen molar-refractivity contribution in [1.29, 1.82) is 0 Å². The summed E-state index contributed by atoms with van der Waals surface area (Å²) >= 11 is 0. The molecule has 2 heterocycles. The first-order chi connectivity index (χ1) is 8.35. The molecule has 1 N–H and O–H groups in total. The summed E-state index contributed by atoms with van der Waals surface area (Å²) in [5, 5.41) is 11.8. The second-order valence-corrected chi connectivity index (χ2v) is 4.36. The van der Waals surface area contributed by atoms with Crippen LogP contribution in [0.4, 0.5) is 0 Å². The number of hydrogen-bond donors (Lipinski definition) is 1. The molecule has 17 heavy (non-hydrogen) atoms. The van der Waals surface area contributed by atoms with Crippen molar-refractivity contribution in [1.82, 2.24) is 19.9 Å². The van der Waals surface area contributed by atoms with E-state index in [0.29, 0.717) is 0 Å². The summed E-state index contributed by atoms with van der Waals surface area (Å²) in [5.41, 5.74) is 0.909. The van der Waals surface area contributed by atoms with Gasteiger partial charge in [-0.2, -0.15) is 0 Å². The Morgan fingerprint density at radius 3 is 2.82 bits per heavy atom. The number of nitrogens with zero attached hydrogens (tertiary/aromatic N) is 3. The van der Waals surface area contributed by atoms with Crippen LogP contribution in [0.2, 0.25) is 0 Å². The average Bonchev–Trinajstić information content (AvgIpc) is 2.78. The standard InChI is InChI=1S/C13H20N4/c1-3-11(4-2)9-14-10-13-16-15-12-7-5-6-8-17(12)13/h5-8,11,14H,3-4,9-10H2,1-2H3. The molecule has 0 fully saturated rings. The molecule has 0 aliphatic rings. The number of nitrogens with one attached hydrogen (secondary N) is 1. The van der Waals surface area contributed by atoms with Gasteiger partial charge in [-0.15, -0.1) is 10.2 Å². The fourth-order valence-electron chi connectivity index (χ4n) is 1.98. The Hall–Kier alpha value is -1.42. The van der Waals surface area contributed by atoms with Crippen molar-refractivity contribution in [3.8, 4) is 0 Å². The van der Waals surface area contributed by atoms with E-state index in [4.69, 9.17) is 0 Å². The average molecular weight is 232 g/mol. The maximum atomic E-state index is 4.19. The lowest BCUT2D eigenvalue weighted by Gasteiger charge is -2.12. The molecule has 4 nitrogen and oxygen atoms in total. The van der Waals surface area contributed by atoms with Crippen LogP contribution >= 0.6 is 0 Å². The summed E-state index contributed by atoms with van der Waals surface area (Å²) < 4.78 is 2.03. The van der Waals surface area contributed by atoms with Gasteiger partial charge in [0.2, 0.25) is 0 Å². The predicted octanol–water partition coefficient (Wildman–Crippen LogP) is 2.26. The van der Waals surface area contributed by atoms with Crippen LogP contribution in [0.5, 0.6) is 0 Å². The number of rotatable bonds is 6. The van der Waals surface area contributed by atoms with Crippen molar-refractivity contribution in [2.45, 2.75) is 33.2 Å². The number of fused-ring (bicyclic) bond motifs is 1. The van der Waals surface area contributed by atoms with Crippen LogP contribution in [0.25, 0.3) is 5.65 Å². The summed E-state index contributed by atoms with van der Waals surface area (Å²) in [6.45, 7) is 6.31. The minimum absolute atomic E-state index is 0.759. The molecule has 0 spiro atoms. The van der Waals surface area contributed by atoms with Crippen molar-refractivity contribution in [2.24, 2.45) is 5.92 Å². The molecule has 0 saturated heterocycles. The van der Waals surface area contributed by atoms with E-state index in [-0.39, 0.29) is 0 Å². The molecule has 0 saturated carbocycles. The normalized spacial score (nSPS) is 11.5. The monoisotopic (exact) mass is 232 g/mol. The van der Waals surface area contributed by atoms with Crippen LogP contribution in [-0.4, -0.2) is 21.1 Å². The van der Waals surface area contributed by atoms with Gasteiger partial charge < -0.3 is 5.32 Å². The Balaban J connectivity index is 1.95. The number of hydrogen-bond acceptors (Lipinski definition) is 3. The first-order valence-electron chi connectivity index (χ1n) is 6.34. The van der Waals surface area contributed by atoms with Crippen LogP contribution in [0.15, 0.2) is 24.4 Å². The zero-order valence-electron chi connectivity index (χ0n) is 10.6. The minimum Gasteiger partial charge on any atom is -0.310 e. The zero-order chi connectivity index (χ0) is 12.1. The minimum atomic E-state index is 0.759. The molecule has 0 radical (unpaired) electrons. The van der Waals surface area contributed by atoms with Gasteiger partial charge >= 0.3 is 0 Å². The van der Waals surface area contributed by atoms with Gasteiger partial charge in [-0.3, -0.25) is 4.40 Å². The number of aromatic nitrogens is 3. The molecule has 0 atom stereocenters. The predicted molar refractivity (Wildman–Crippen MR) is 68.8 cm³/mol. The van der Waals surface area contributed by atoms with Crippen molar-refractivity contribution in [3.05, 3.63) is 30.2 Å². The molecule has 92 valence electrons. The largest absolute Gasteiger partial charge is 0.310 e. The van der Waals surface area contributed by atoms with E-state index in [1.807, 2.05) is 28.8 Å². The molecule has 4 heteroatoms. The Labute approximate surface area is 102 Å². The third-order valence-electron chi connectivity index (χ3n) is 3.26. The molecular formula is C13H20N4. The maximum absolute atomic E-state index is 4.19. The quantitative estimate of drug-likeness (QED) is 0.830. The first-order valence-corrected chi connectivity index (χ1v) is 6.34. The number of pyridine rings is 1. The third kappa shape index (κ3) is 2.82. The summed E-state index contributed by atoms with van der Waals surface area (Å²) in [6.07, 6.45) is 4.46. The van der Waals surface area contributed by atoms with Crippen LogP contribution in [0, 0.1) is 5.92 Å². The van der Waals surface area contributed by atoms with Crippen molar-refractivity contribution >= 4 is 5.65 Å². The van der Waals surface area contributed by atoms with Gasteiger partial charge in [0.05, 0.1) is 6.54 Å². The topological polar surface area (TPSA) is 42.2 Å². The highest BCUT2D eigenvalue weighted by Crippen LogP contribution is 2.06. The molecule has 0 aliphatic carbocycles. The van der Waals surface area contributed by atoms with Gasteiger partial charge in [0.25, 0.3) is 0 Å². The Morgan fingerprint density at radius 1 is 1.24 bits per heavy atom. The van der Waals surface area contributed by atoms with Crippen LogP contribution < -0.4 is 5.32 Å². The molecule has 2 aromatic heterocycles. The molecular weight excluding hydrogens is 212 g/mol. The third-order valence-corrected chi connectivity index (χ3v) is 3.26. The smallest absolute Gasteiger partial charge is 0.160 e. The second kappa shape index (κ2) is 5.77. The summed E-state index contributed by atoms with van der Waals surface area (Å²) in [5.74, 6) is 1.74. The van der Waals surface area contributed by atoms with E-state index in [1.165, 1.54) is 12.8 Å². The Morgan fingerprint density at radius 2 is 2.06 bits per heavy atom. The van der Waals surface area contributed by atoms with E-state index in [0.717, 1.165) is 30.5 Å². The van der Waals surface area contributed by atoms with Crippen LogP contribution in [0.3, 0.4) is 0 Å². The Kier molecular flexibility index (Phi) is 4.09. The highest BCUT2D eigenvalue weighted by molar-refractivity contribution is 5.36. The van der Waals surface area contributed by atoms with Crippen molar-refractivity contribution in [3.63, 3.8) is 0 Å². The summed E-state index contributed by atoms with van der Waals surface area (Å²) in [6, 6.07) is 5.95. The van der Waals surface area contributed by atoms with Gasteiger partial charge in [-0.1, -0.05) is 32.8 Å². The maximum Gasteiger partial charge on any atom is 0.160 e. The lowest BCUT2D eigenvalue weighted by atomic mass is 10.0. The highest BCUT2D eigenvalue weighted by atomic mass is 15.3. The lowest BCUT2D eigenvalue weighted by Crippen LogP contribution is -2.22. The molecule has 0 aliphatic heterocycles. The van der Waals surface area contributed by atoms with Crippen molar-refractivity contribution in [2.75, 3.05) is 6.54 Å². The van der Waals surface area contributed by atoms with Gasteiger partial charge in [0.1, 0.15) is 0 Å². The SMILES string of the molecule is CCC(CC)CNCc1nnc2ccccn12. The fourth-order valence-corrected chi connectivity index (χ4v) is 1.98. The van der Waals surface area contributed by atoms with Gasteiger partial charge in [0.15, 0.2) is 11.5 Å².